The smallest absolute Gasteiger partial charge is 0.462 e. The number of anilines is 1. The predicted molar refractivity (Wildman–Crippen MR) is 355 cm³/mol. The molecule has 1 heterocycles. The van der Waals surface area contributed by atoms with Gasteiger partial charge in [0.15, 0.2) is 6.10 Å². The summed E-state index contributed by atoms with van der Waals surface area (Å²) < 4.78 is 56.3. The second-order valence-electron chi connectivity index (χ2n) is 23.6. The number of para-hydroxylation sites is 1. The van der Waals surface area contributed by atoms with E-state index >= 15 is 0 Å². The van der Waals surface area contributed by atoms with Crippen LogP contribution in [0, 0.1) is 11.8 Å². The van der Waals surface area contributed by atoms with Crippen LogP contribution in [-0.2, 0) is 72.6 Å². The van der Waals surface area contributed by atoms with Gasteiger partial charge in [0.25, 0.3) is 0 Å². The predicted octanol–water partition coefficient (Wildman–Crippen LogP) is 14.5. The van der Waals surface area contributed by atoms with E-state index in [0.717, 1.165) is 60.9 Å². The molecule has 0 radical (unpaired) electrons. The Kier molecular flexibility index (Phi) is 48.4. The molecule has 510 valence electrons. The number of carbonyl (C=O) groups excluding carboxylic acids is 5. The minimum Gasteiger partial charge on any atom is -0.462 e. The number of nitrogens with one attached hydrogen (secondary N) is 2. The summed E-state index contributed by atoms with van der Waals surface area (Å²) in [7, 11) is -4.64. The summed E-state index contributed by atoms with van der Waals surface area (Å²) in [4.78, 5) is 76.0. The molecule has 3 rings (SSSR count). The zero-order valence-corrected chi connectivity index (χ0v) is 56.3. The monoisotopic (exact) mass is 1280 g/mol. The molecular weight excluding hydrogens is 1170 g/mol. The number of fused-ring (bicyclic) bond motifs is 2. The van der Waals surface area contributed by atoms with Crippen molar-refractivity contribution in [2.45, 2.75) is 251 Å². The van der Waals surface area contributed by atoms with E-state index in [1.54, 1.807) is 4.90 Å². The molecule has 3 amide bonds. The van der Waals surface area contributed by atoms with E-state index in [2.05, 4.69) is 36.3 Å². The maximum Gasteiger partial charge on any atom is 0.472 e. The number of rotatable bonds is 60. The zero-order chi connectivity index (χ0) is 64.6. The highest BCUT2D eigenvalue weighted by Gasteiger charge is 2.27. The third-order valence-electron chi connectivity index (χ3n) is 15.7. The number of unbranched alkanes of at least 4 members (excludes halogenated alkanes) is 28. The van der Waals surface area contributed by atoms with Gasteiger partial charge in [0, 0.05) is 56.3 Å². The number of benzene rings is 2. The third-order valence-corrected chi connectivity index (χ3v) is 16.7. The summed E-state index contributed by atoms with van der Waals surface area (Å²) in [6.07, 6.45) is 36.0. The molecule has 1 aliphatic rings. The van der Waals surface area contributed by atoms with Gasteiger partial charge in [-0.2, -0.15) is 0 Å². The quantitative estimate of drug-likeness (QED) is 0.0242. The largest absolute Gasteiger partial charge is 0.472 e. The number of hydrogen-bond donors (Lipinski definition) is 3. The maximum atomic E-state index is 13.4. The Morgan fingerprint density at radius 1 is 0.467 bits per heavy atom. The average molecular weight is 1280 g/mol. The van der Waals surface area contributed by atoms with Crippen molar-refractivity contribution in [3.63, 3.8) is 0 Å². The van der Waals surface area contributed by atoms with E-state index in [9.17, 15) is 33.4 Å². The number of hydrogen-bond acceptors (Lipinski definition) is 14. The lowest BCUT2D eigenvalue weighted by Gasteiger charge is -2.26. The second-order valence-corrected chi connectivity index (χ2v) is 25.0. The molecule has 0 aromatic heterocycles. The van der Waals surface area contributed by atoms with E-state index in [1.807, 2.05) is 48.5 Å². The van der Waals surface area contributed by atoms with Crippen LogP contribution in [0.1, 0.15) is 255 Å². The molecule has 0 saturated heterocycles. The van der Waals surface area contributed by atoms with Gasteiger partial charge in [-0.05, 0) is 36.6 Å². The lowest BCUT2D eigenvalue weighted by atomic mass is 10.0. The van der Waals surface area contributed by atoms with Crippen LogP contribution in [0.2, 0.25) is 0 Å². The van der Waals surface area contributed by atoms with Crippen LogP contribution in [0.25, 0.3) is 0 Å². The molecule has 2 aromatic carbocycles. The Labute approximate surface area is 541 Å². The van der Waals surface area contributed by atoms with Crippen LogP contribution >= 0.6 is 7.82 Å². The van der Waals surface area contributed by atoms with Crippen LogP contribution in [0.5, 0.6) is 0 Å². The highest BCUT2D eigenvalue weighted by molar-refractivity contribution is 7.47. The first-order valence-electron chi connectivity index (χ1n) is 34.8. The first-order valence-corrected chi connectivity index (χ1v) is 36.3. The van der Waals surface area contributed by atoms with Crippen LogP contribution < -0.4 is 15.5 Å². The van der Waals surface area contributed by atoms with Crippen LogP contribution in [0.3, 0.4) is 0 Å². The lowest BCUT2D eigenvalue weighted by Crippen LogP contribution is -2.35. The van der Waals surface area contributed by atoms with Crippen molar-refractivity contribution in [2.24, 2.45) is 0 Å². The van der Waals surface area contributed by atoms with Crippen molar-refractivity contribution >= 4 is 43.2 Å². The maximum absolute atomic E-state index is 13.4. The van der Waals surface area contributed by atoms with Crippen molar-refractivity contribution in [1.82, 2.24) is 10.6 Å². The van der Waals surface area contributed by atoms with Crippen LogP contribution in [0.15, 0.2) is 48.5 Å². The summed E-state index contributed by atoms with van der Waals surface area (Å²) in [5.41, 5.74) is 3.38. The Morgan fingerprint density at radius 3 is 1.38 bits per heavy atom. The lowest BCUT2D eigenvalue weighted by molar-refractivity contribution is -0.161. The number of phosphoric acid groups is 1. The molecule has 0 bridgehead atoms. The van der Waals surface area contributed by atoms with Gasteiger partial charge < -0.3 is 48.8 Å². The van der Waals surface area contributed by atoms with E-state index in [0.29, 0.717) is 45.8 Å². The molecular formula is C71H116N3O15P. The Hall–Kier alpha value is -4.70. The molecule has 19 heteroatoms. The molecule has 0 spiro atoms. The summed E-state index contributed by atoms with van der Waals surface area (Å²) in [5, 5.41) is 5.42. The SMILES string of the molecule is CCCCCCCCCCCCCCCCCC(=O)OCC(COP(=O)(O)OCCNC(=O)CCOCCOCCOCCOCCC(=O)NCCC(=O)N1Cc2ccccc2C#Cc2ccccc21)OC(=O)CCCCCCCCCCCCCCCCC. The Morgan fingerprint density at radius 2 is 0.878 bits per heavy atom. The second kappa shape index (κ2) is 54.8. The average Bonchev–Trinajstić information content (AvgIpc) is 1.02. The fourth-order valence-electron chi connectivity index (χ4n) is 10.4. The highest BCUT2D eigenvalue weighted by atomic mass is 31.2. The molecule has 90 heavy (non-hydrogen) atoms. The summed E-state index contributed by atoms with van der Waals surface area (Å²) in [6, 6.07) is 15.4. The minimum absolute atomic E-state index is 0.0443. The molecule has 0 fully saturated rings. The van der Waals surface area contributed by atoms with Gasteiger partial charge in [-0.1, -0.05) is 236 Å². The van der Waals surface area contributed by atoms with Gasteiger partial charge in [0.05, 0.1) is 78.3 Å². The zero-order valence-electron chi connectivity index (χ0n) is 55.4. The molecule has 3 N–H and O–H groups in total. The normalized spacial score (nSPS) is 12.8. The Balaban J connectivity index is 1.19. The fraction of sp³-hybridized carbons (Fsp3) is 0.732. The van der Waals surface area contributed by atoms with Gasteiger partial charge in [0.2, 0.25) is 17.7 Å². The molecule has 1 aliphatic heterocycles. The molecule has 18 nitrogen and oxygen atoms in total. The van der Waals surface area contributed by atoms with Gasteiger partial charge in [-0.25, -0.2) is 4.57 Å². The topological polar surface area (TPSA) is 224 Å². The standard InChI is InChI=1S/C71H116N3O15P/c1-3-5-7-9-11-13-15-17-19-21-23-25-27-29-31-41-70(78)86-60-65(89-71(79)42-32-30-28-26-24-22-20-18-16-14-12-10-8-6-4-2)61-88-90(80,81)87-52-49-73-68(76)47-51-83-54-56-85-58-57-84-55-53-82-50-46-67(75)72-48-45-69(77)74-59-64-39-34-33-37-62(64)43-44-63-38-35-36-40-66(63)74/h33-40,65H,3-32,41-42,45-61H2,1-2H3,(H,72,75)(H,73,76)(H,80,81). The summed E-state index contributed by atoms with van der Waals surface area (Å²) in [5.74, 6) is 4.82. The Bertz CT molecular complexity index is 2310. The number of carbonyl (C=O) groups is 5. The van der Waals surface area contributed by atoms with Crippen LogP contribution in [0.4, 0.5) is 5.69 Å². The number of amides is 3. The molecule has 0 saturated carbocycles. The van der Waals surface area contributed by atoms with E-state index in [-0.39, 0.29) is 103 Å². The van der Waals surface area contributed by atoms with Crippen molar-refractivity contribution in [3.8, 4) is 11.8 Å². The molecule has 2 atom stereocenters. The third kappa shape index (κ3) is 43.2. The van der Waals surface area contributed by atoms with E-state index in [1.165, 1.54) is 141 Å². The fourth-order valence-corrected chi connectivity index (χ4v) is 11.1. The molecule has 2 unspecified atom stereocenters. The first kappa shape index (κ1) is 79.5. The molecule has 0 aliphatic carbocycles. The van der Waals surface area contributed by atoms with Crippen molar-refractivity contribution < 1.29 is 70.9 Å². The number of ether oxygens (including phenoxy) is 6. The number of phosphoric ester groups is 1. The van der Waals surface area contributed by atoms with Gasteiger partial charge in [0.1, 0.15) is 6.61 Å². The minimum atomic E-state index is -4.64. The van der Waals surface area contributed by atoms with Crippen molar-refractivity contribution in [2.75, 3.05) is 90.7 Å². The van der Waals surface area contributed by atoms with E-state index in [4.69, 9.17) is 37.5 Å². The van der Waals surface area contributed by atoms with Crippen LogP contribution in [-0.4, -0.2) is 126 Å². The molecule has 2 aromatic rings. The van der Waals surface area contributed by atoms with E-state index < -0.39 is 32.5 Å². The highest BCUT2D eigenvalue weighted by Crippen LogP contribution is 2.43. The van der Waals surface area contributed by atoms with Crippen molar-refractivity contribution in [1.29, 1.82) is 0 Å². The van der Waals surface area contributed by atoms with Gasteiger partial charge in [-0.15, -0.1) is 0 Å². The number of esters is 2. The van der Waals surface area contributed by atoms with Gasteiger partial charge in [-0.3, -0.25) is 33.0 Å². The first-order chi connectivity index (χ1) is 44.0. The van der Waals surface area contributed by atoms with Gasteiger partial charge >= 0.3 is 19.8 Å². The number of nitrogens with zero attached hydrogens (tertiary/aromatic N) is 1. The van der Waals surface area contributed by atoms with Crippen molar-refractivity contribution in [3.05, 3.63) is 65.2 Å². The summed E-state index contributed by atoms with van der Waals surface area (Å²) >= 11 is 0. The summed E-state index contributed by atoms with van der Waals surface area (Å²) in [6.45, 7) is 6.00.